The van der Waals surface area contributed by atoms with Gasteiger partial charge in [0.15, 0.2) is 11.5 Å². The van der Waals surface area contributed by atoms with Crippen molar-refractivity contribution < 1.29 is 14.3 Å². The second kappa shape index (κ2) is 6.40. The Morgan fingerprint density at radius 3 is 2.68 bits per heavy atom. The number of carbonyl (C=O) groups excluding carboxylic acids is 1. The SMILES string of the molecule is COc1ccc(NC(=O)C2CNCCN2)cc1OC. The van der Waals surface area contributed by atoms with E-state index in [9.17, 15) is 4.79 Å². The first kappa shape index (κ1) is 13.6. The zero-order valence-corrected chi connectivity index (χ0v) is 11.2. The summed E-state index contributed by atoms with van der Waals surface area (Å²) in [6.45, 7) is 2.32. The van der Waals surface area contributed by atoms with Crippen LogP contribution in [0.25, 0.3) is 0 Å². The zero-order chi connectivity index (χ0) is 13.7. The lowest BCUT2D eigenvalue weighted by Crippen LogP contribution is -2.54. The molecular formula is C13H19N3O3. The standard InChI is InChI=1S/C13H19N3O3/c1-18-11-4-3-9(7-12(11)19-2)16-13(17)10-8-14-5-6-15-10/h3-4,7,10,14-15H,5-6,8H2,1-2H3,(H,16,17). The fraction of sp³-hybridized carbons (Fsp3) is 0.462. The Balaban J connectivity index is 2.03. The third-order valence-electron chi connectivity index (χ3n) is 3.01. The summed E-state index contributed by atoms with van der Waals surface area (Å²) in [5.74, 6) is 1.17. The van der Waals surface area contributed by atoms with E-state index >= 15 is 0 Å². The topological polar surface area (TPSA) is 71.6 Å². The largest absolute Gasteiger partial charge is 0.493 e. The molecule has 0 aromatic heterocycles. The normalized spacial score (nSPS) is 18.7. The molecule has 1 aromatic carbocycles. The Kier molecular flexibility index (Phi) is 4.59. The maximum atomic E-state index is 12.0. The fourth-order valence-corrected chi connectivity index (χ4v) is 1.98. The van der Waals surface area contributed by atoms with Gasteiger partial charge in [-0.15, -0.1) is 0 Å². The number of methoxy groups -OCH3 is 2. The van der Waals surface area contributed by atoms with Crippen molar-refractivity contribution in [3.05, 3.63) is 18.2 Å². The number of anilines is 1. The van der Waals surface area contributed by atoms with Gasteiger partial charge in [-0.05, 0) is 12.1 Å². The Hall–Kier alpha value is -1.79. The average Bonchev–Trinajstić information content (AvgIpc) is 2.48. The second-order valence-corrected chi connectivity index (χ2v) is 4.27. The molecule has 1 aliphatic rings. The van der Waals surface area contributed by atoms with E-state index in [1.807, 2.05) is 0 Å². The molecule has 3 N–H and O–H groups in total. The highest BCUT2D eigenvalue weighted by Gasteiger charge is 2.20. The Bertz CT molecular complexity index is 445. The summed E-state index contributed by atoms with van der Waals surface area (Å²) in [7, 11) is 3.14. The molecule has 1 fully saturated rings. The van der Waals surface area contributed by atoms with Crippen LogP contribution in [0.3, 0.4) is 0 Å². The van der Waals surface area contributed by atoms with Crippen LogP contribution in [0.5, 0.6) is 11.5 Å². The summed E-state index contributed by atoms with van der Waals surface area (Å²) >= 11 is 0. The van der Waals surface area contributed by atoms with Crippen molar-refractivity contribution in [1.29, 1.82) is 0 Å². The molecule has 2 rings (SSSR count). The third-order valence-corrected chi connectivity index (χ3v) is 3.01. The van der Waals surface area contributed by atoms with Gasteiger partial charge in [0.2, 0.25) is 5.91 Å². The number of nitrogens with one attached hydrogen (secondary N) is 3. The highest BCUT2D eigenvalue weighted by atomic mass is 16.5. The highest BCUT2D eigenvalue weighted by molar-refractivity contribution is 5.95. The highest BCUT2D eigenvalue weighted by Crippen LogP contribution is 2.29. The van der Waals surface area contributed by atoms with Crippen molar-refractivity contribution in [2.45, 2.75) is 6.04 Å². The van der Waals surface area contributed by atoms with Gasteiger partial charge in [0.1, 0.15) is 0 Å². The van der Waals surface area contributed by atoms with Crippen LogP contribution in [0, 0.1) is 0 Å². The van der Waals surface area contributed by atoms with Gasteiger partial charge in [-0.25, -0.2) is 0 Å². The predicted molar refractivity (Wildman–Crippen MR) is 72.8 cm³/mol. The van der Waals surface area contributed by atoms with Crippen molar-refractivity contribution in [1.82, 2.24) is 10.6 Å². The summed E-state index contributed by atoms with van der Waals surface area (Å²) in [5.41, 5.74) is 0.690. The second-order valence-electron chi connectivity index (χ2n) is 4.27. The number of hydrogen-bond acceptors (Lipinski definition) is 5. The molecule has 0 aliphatic carbocycles. The smallest absolute Gasteiger partial charge is 0.242 e. The minimum absolute atomic E-state index is 0.0561. The molecule has 1 amide bonds. The molecule has 1 aromatic rings. The van der Waals surface area contributed by atoms with Crippen molar-refractivity contribution in [3.8, 4) is 11.5 Å². The van der Waals surface area contributed by atoms with Gasteiger partial charge in [0.05, 0.1) is 20.3 Å². The van der Waals surface area contributed by atoms with Crippen molar-refractivity contribution in [3.63, 3.8) is 0 Å². The van der Waals surface area contributed by atoms with Crippen LogP contribution in [0.4, 0.5) is 5.69 Å². The summed E-state index contributed by atoms with van der Waals surface area (Å²) in [6, 6.07) is 5.09. The van der Waals surface area contributed by atoms with Crippen molar-refractivity contribution >= 4 is 11.6 Å². The van der Waals surface area contributed by atoms with Gasteiger partial charge in [-0.3, -0.25) is 4.79 Å². The number of carbonyl (C=O) groups is 1. The molecule has 1 aliphatic heterocycles. The van der Waals surface area contributed by atoms with Crippen molar-refractivity contribution in [2.24, 2.45) is 0 Å². The molecule has 1 saturated heterocycles. The maximum Gasteiger partial charge on any atom is 0.242 e. The maximum absolute atomic E-state index is 12.0. The molecule has 0 bridgehead atoms. The predicted octanol–water partition coefficient (Wildman–Crippen LogP) is 0.204. The first-order valence-corrected chi connectivity index (χ1v) is 6.21. The number of rotatable bonds is 4. The minimum atomic E-state index is -0.207. The third kappa shape index (κ3) is 3.36. The van der Waals surface area contributed by atoms with Gasteiger partial charge in [-0.1, -0.05) is 0 Å². The monoisotopic (exact) mass is 265 g/mol. The summed E-state index contributed by atoms with van der Waals surface area (Å²) in [5, 5.41) is 9.19. The number of piperazine rings is 1. The van der Waals surface area contributed by atoms with E-state index in [0.29, 0.717) is 23.7 Å². The van der Waals surface area contributed by atoms with Gasteiger partial charge in [0.25, 0.3) is 0 Å². The lowest BCUT2D eigenvalue weighted by Gasteiger charge is -2.23. The summed E-state index contributed by atoms with van der Waals surface area (Å²) in [4.78, 5) is 12.0. The summed E-state index contributed by atoms with van der Waals surface area (Å²) in [6.07, 6.45) is 0. The van der Waals surface area contributed by atoms with E-state index in [1.54, 1.807) is 32.4 Å². The van der Waals surface area contributed by atoms with Crippen LogP contribution in [0.1, 0.15) is 0 Å². The van der Waals surface area contributed by atoms with Crippen LogP contribution in [-0.2, 0) is 4.79 Å². The Labute approximate surface area is 112 Å². The Morgan fingerprint density at radius 1 is 1.26 bits per heavy atom. The number of benzene rings is 1. The molecule has 0 spiro atoms. The van der Waals surface area contributed by atoms with Gasteiger partial charge in [-0.2, -0.15) is 0 Å². The fourth-order valence-electron chi connectivity index (χ4n) is 1.98. The molecule has 1 heterocycles. The quantitative estimate of drug-likeness (QED) is 0.725. The first-order valence-electron chi connectivity index (χ1n) is 6.21. The number of ether oxygens (including phenoxy) is 2. The van der Waals surface area contributed by atoms with E-state index in [0.717, 1.165) is 13.1 Å². The van der Waals surface area contributed by atoms with E-state index in [4.69, 9.17) is 9.47 Å². The minimum Gasteiger partial charge on any atom is -0.493 e. The van der Waals surface area contributed by atoms with Crippen LogP contribution >= 0.6 is 0 Å². The van der Waals surface area contributed by atoms with Gasteiger partial charge < -0.3 is 25.4 Å². The van der Waals surface area contributed by atoms with E-state index in [2.05, 4.69) is 16.0 Å². The van der Waals surface area contributed by atoms with Crippen LogP contribution in [0.15, 0.2) is 18.2 Å². The number of amides is 1. The molecule has 6 heteroatoms. The molecule has 1 unspecified atom stereocenters. The molecule has 0 radical (unpaired) electrons. The molecule has 6 nitrogen and oxygen atoms in total. The van der Waals surface area contributed by atoms with E-state index in [1.165, 1.54) is 0 Å². The number of hydrogen-bond donors (Lipinski definition) is 3. The average molecular weight is 265 g/mol. The van der Waals surface area contributed by atoms with Gasteiger partial charge >= 0.3 is 0 Å². The van der Waals surface area contributed by atoms with Crippen LogP contribution in [-0.4, -0.2) is 45.8 Å². The van der Waals surface area contributed by atoms with E-state index in [-0.39, 0.29) is 11.9 Å². The van der Waals surface area contributed by atoms with Gasteiger partial charge in [0, 0.05) is 31.4 Å². The molecule has 104 valence electrons. The molecule has 0 saturated carbocycles. The molecule has 1 atom stereocenters. The molecule has 19 heavy (non-hydrogen) atoms. The van der Waals surface area contributed by atoms with Crippen LogP contribution in [0.2, 0.25) is 0 Å². The Morgan fingerprint density at radius 2 is 2.05 bits per heavy atom. The molecular weight excluding hydrogens is 246 g/mol. The van der Waals surface area contributed by atoms with Crippen LogP contribution < -0.4 is 25.4 Å². The lowest BCUT2D eigenvalue weighted by molar-refractivity contribution is -0.118. The lowest BCUT2D eigenvalue weighted by atomic mass is 10.2. The summed E-state index contributed by atoms with van der Waals surface area (Å²) < 4.78 is 10.4. The first-order chi connectivity index (χ1) is 9.24. The van der Waals surface area contributed by atoms with E-state index < -0.39 is 0 Å². The zero-order valence-electron chi connectivity index (χ0n) is 11.2. The van der Waals surface area contributed by atoms with Crippen molar-refractivity contribution in [2.75, 3.05) is 39.2 Å².